The number of hydrogen-bond acceptors (Lipinski definition) is 4. The Morgan fingerprint density at radius 1 is 0.469 bits per heavy atom. The first-order valence-electron chi connectivity index (χ1n) is 21.8. The summed E-state index contributed by atoms with van der Waals surface area (Å²) in [5, 5.41) is 6.88. The fraction of sp³-hybridized carbons (Fsp3) is 0.0345. The van der Waals surface area contributed by atoms with Crippen LogP contribution in [-0.2, 0) is 0 Å². The van der Waals surface area contributed by atoms with E-state index in [4.69, 9.17) is 19.1 Å². The first-order valence-corrected chi connectivity index (χ1v) is 21.8. The molecule has 0 saturated heterocycles. The second kappa shape index (κ2) is 13.5. The maximum absolute atomic E-state index is 7.12. The highest BCUT2D eigenvalue weighted by Crippen LogP contribution is 2.53. The van der Waals surface area contributed by atoms with E-state index in [-0.39, 0.29) is 12.0 Å². The zero-order chi connectivity index (χ0) is 41.9. The van der Waals surface area contributed by atoms with Gasteiger partial charge in [-0.15, -0.1) is 0 Å². The lowest BCUT2D eigenvalue weighted by molar-refractivity contribution is 0.269. The van der Waals surface area contributed by atoms with Crippen LogP contribution in [0.1, 0.15) is 11.5 Å². The normalized spacial score (nSPS) is 15.7. The number of rotatable bonds is 5. The van der Waals surface area contributed by atoms with Crippen molar-refractivity contribution in [3.05, 3.63) is 212 Å². The molecular weight excluding hydrogens is 785 g/mol. The molecule has 8 aromatic carbocycles. The first kappa shape index (κ1) is 35.2. The van der Waals surface area contributed by atoms with Crippen LogP contribution in [0.4, 0.5) is 0 Å². The summed E-state index contributed by atoms with van der Waals surface area (Å²) in [6.07, 6.45) is 6.56. The topological polar surface area (TPSA) is 58.0 Å². The molecule has 12 aromatic rings. The highest BCUT2D eigenvalue weighted by molar-refractivity contribution is 6.13. The van der Waals surface area contributed by atoms with Crippen molar-refractivity contribution >= 4 is 71.2 Å². The Labute approximate surface area is 367 Å². The highest BCUT2D eigenvalue weighted by atomic mass is 16.5. The van der Waals surface area contributed by atoms with Gasteiger partial charge >= 0.3 is 0 Å². The van der Waals surface area contributed by atoms with E-state index in [9.17, 15) is 0 Å². The third-order valence-electron chi connectivity index (χ3n) is 13.3. The molecule has 1 aliphatic carbocycles. The van der Waals surface area contributed by atoms with Gasteiger partial charge in [0.05, 0.1) is 33.5 Å². The number of hydrogen-bond donors (Lipinski definition) is 0. The molecule has 0 N–H and O–H groups in total. The Morgan fingerprint density at radius 3 is 1.67 bits per heavy atom. The van der Waals surface area contributed by atoms with E-state index in [1.165, 1.54) is 32.6 Å². The molecule has 2 unspecified atom stereocenters. The van der Waals surface area contributed by atoms with Crippen molar-refractivity contribution in [2.45, 2.75) is 12.0 Å². The molecule has 6 nitrogen and oxygen atoms in total. The van der Waals surface area contributed by atoms with Crippen LogP contribution >= 0.6 is 0 Å². The van der Waals surface area contributed by atoms with Crippen molar-refractivity contribution in [2.24, 2.45) is 0 Å². The summed E-state index contributed by atoms with van der Waals surface area (Å²) in [4.78, 5) is 10.6. The van der Waals surface area contributed by atoms with Crippen LogP contribution in [0.3, 0.4) is 0 Å². The molecule has 2 atom stereocenters. The van der Waals surface area contributed by atoms with E-state index in [2.05, 4.69) is 191 Å². The zero-order valence-electron chi connectivity index (χ0n) is 34.4. The van der Waals surface area contributed by atoms with E-state index >= 15 is 0 Å². The lowest BCUT2D eigenvalue weighted by Crippen LogP contribution is -2.18. The van der Waals surface area contributed by atoms with Crippen molar-refractivity contribution in [2.75, 3.05) is 0 Å². The number of aromatic nitrogens is 4. The molecule has 2 aliphatic rings. The number of para-hydroxylation sites is 4. The summed E-state index contributed by atoms with van der Waals surface area (Å²) in [5.74, 6) is 1.28. The molecule has 14 rings (SSSR count). The predicted octanol–water partition coefficient (Wildman–Crippen LogP) is 14.5. The monoisotopic (exact) mass is 820 g/mol. The Balaban J connectivity index is 1.04. The molecule has 0 fully saturated rings. The van der Waals surface area contributed by atoms with Crippen LogP contribution in [0.25, 0.3) is 111 Å². The maximum atomic E-state index is 7.12. The fourth-order valence-corrected chi connectivity index (χ4v) is 10.4. The van der Waals surface area contributed by atoms with Crippen molar-refractivity contribution in [3.8, 4) is 45.3 Å². The van der Waals surface area contributed by atoms with Gasteiger partial charge < -0.3 is 18.3 Å². The minimum absolute atomic E-state index is 0.133. The lowest BCUT2D eigenvalue weighted by atomic mass is 9.85. The molecule has 0 saturated carbocycles. The van der Waals surface area contributed by atoms with Crippen molar-refractivity contribution in [1.82, 2.24) is 19.1 Å². The van der Waals surface area contributed by atoms with Gasteiger partial charge in [-0.2, -0.15) is 0 Å². The Kier molecular flexibility index (Phi) is 7.42. The smallest absolute Gasteiger partial charge is 0.177 e. The molecule has 64 heavy (non-hydrogen) atoms. The quantitative estimate of drug-likeness (QED) is 0.174. The number of allylic oxidation sites excluding steroid dienone is 2. The maximum Gasteiger partial charge on any atom is 0.177 e. The van der Waals surface area contributed by atoms with E-state index < -0.39 is 0 Å². The largest absolute Gasteiger partial charge is 0.481 e. The van der Waals surface area contributed by atoms with E-state index in [0.717, 1.165) is 83.7 Å². The van der Waals surface area contributed by atoms with Crippen LogP contribution < -0.4 is 4.74 Å². The van der Waals surface area contributed by atoms with Gasteiger partial charge in [0.2, 0.25) is 0 Å². The second-order valence-corrected chi connectivity index (χ2v) is 16.8. The van der Waals surface area contributed by atoms with Crippen LogP contribution in [0.15, 0.2) is 211 Å². The van der Waals surface area contributed by atoms with Gasteiger partial charge in [-0.1, -0.05) is 133 Å². The number of nitrogens with zero attached hydrogens (tertiary/aromatic N) is 4. The minimum atomic E-state index is -0.249. The first-order chi connectivity index (χ1) is 31.7. The summed E-state index contributed by atoms with van der Waals surface area (Å²) in [7, 11) is 0. The Bertz CT molecular complexity index is 3780. The van der Waals surface area contributed by atoms with E-state index in [1.54, 1.807) is 0 Å². The van der Waals surface area contributed by atoms with Gasteiger partial charge in [-0.3, -0.25) is 0 Å². The Morgan fingerprint density at radius 2 is 1.03 bits per heavy atom. The molecule has 0 spiro atoms. The fourth-order valence-electron chi connectivity index (χ4n) is 10.4. The molecule has 0 bridgehead atoms. The molecule has 1 aliphatic heterocycles. The van der Waals surface area contributed by atoms with Crippen molar-refractivity contribution < 1.29 is 9.15 Å². The third kappa shape index (κ3) is 5.14. The van der Waals surface area contributed by atoms with Gasteiger partial charge in [0.25, 0.3) is 0 Å². The lowest BCUT2D eigenvalue weighted by Gasteiger charge is -2.21. The Hall–Kier alpha value is -8.48. The summed E-state index contributed by atoms with van der Waals surface area (Å²) in [5.41, 5.74) is 14.0. The van der Waals surface area contributed by atoms with Crippen LogP contribution in [0.5, 0.6) is 5.75 Å². The number of furan rings is 1. The molecular formula is C58H36N4O2. The van der Waals surface area contributed by atoms with Gasteiger partial charge in [-0.05, 0) is 72.8 Å². The average Bonchev–Trinajstić information content (AvgIpc) is 4.12. The third-order valence-corrected chi connectivity index (χ3v) is 13.3. The molecule has 6 heteroatoms. The van der Waals surface area contributed by atoms with Crippen molar-refractivity contribution in [3.63, 3.8) is 0 Å². The summed E-state index contributed by atoms with van der Waals surface area (Å²) in [6.45, 7) is 0. The SMILES string of the molecule is C1=CC2Oc3c(c(-c4cc(-c5ccccc5)nc(-c5ccccc5)n4)cc4c3oc3ccc(-n5c6ccccc6c6ccccc65)cc34)C2C=C1n1c2ccccc2c2ccccc21. The summed E-state index contributed by atoms with van der Waals surface area (Å²) in [6, 6.07) is 66.2. The van der Waals surface area contributed by atoms with Crippen LogP contribution in [-0.4, -0.2) is 25.2 Å². The van der Waals surface area contributed by atoms with Crippen LogP contribution in [0, 0.1) is 0 Å². The molecule has 5 heterocycles. The van der Waals surface area contributed by atoms with Gasteiger partial charge in [-0.25, -0.2) is 9.97 Å². The van der Waals surface area contributed by atoms with E-state index in [1.807, 2.05) is 24.3 Å². The molecule has 300 valence electrons. The predicted molar refractivity (Wildman–Crippen MR) is 260 cm³/mol. The summed E-state index contributed by atoms with van der Waals surface area (Å²) >= 11 is 0. The highest BCUT2D eigenvalue weighted by Gasteiger charge is 2.40. The zero-order valence-corrected chi connectivity index (χ0v) is 34.4. The number of ether oxygens (including phenoxy) is 1. The van der Waals surface area contributed by atoms with Gasteiger partial charge in [0, 0.05) is 71.9 Å². The number of fused-ring (bicyclic) bond motifs is 13. The second-order valence-electron chi connectivity index (χ2n) is 16.8. The van der Waals surface area contributed by atoms with Gasteiger partial charge in [0.1, 0.15) is 11.7 Å². The van der Waals surface area contributed by atoms with E-state index in [0.29, 0.717) is 5.82 Å². The van der Waals surface area contributed by atoms with Crippen LogP contribution in [0.2, 0.25) is 0 Å². The molecule has 0 amide bonds. The standard InChI is InChI=1S/C58H36N4O2/c1-3-15-35(16-4-1)47-34-48(60-58(59-47)36-17-5-2-6-18-36)45-33-44-43-31-37(61-49-23-11-7-19-39(49)40-20-8-12-24-50(40)61)27-29-53(43)63-56(44)57-55(45)46-32-38(28-30-54(46)64-57)62-51-25-13-9-21-41(51)42-22-10-14-26-52(42)62/h1-34,46,54H. The average molecular weight is 821 g/mol. The van der Waals surface area contributed by atoms with Crippen molar-refractivity contribution in [1.29, 1.82) is 0 Å². The number of benzene rings is 8. The molecule has 0 radical (unpaired) electrons. The molecule has 4 aromatic heterocycles. The van der Waals surface area contributed by atoms with Gasteiger partial charge in [0.15, 0.2) is 17.2 Å². The minimum Gasteiger partial charge on any atom is -0.481 e. The summed E-state index contributed by atoms with van der Waals surface area (Å²) < 4.78 is 18.8.